The fourth-order valence-electron chi connectivity index (χ4n) is 1.65. The molecular formula is C14H24N2O. The summed E-state index contributed by atoms with van der Waals surface area (Å²) in [6, 6.07) is 2.05. The van der Waals surface area contributed by atoms with Gasteiger partial charge < -0.3 is 10.5 Å². The van der Waals surface area contributed by atoms with Crippen LogP contribution in [0.4, 0.5) is 0 Å². The SMILES string of the molecule is CC(C)CCC(N)c1cncc(OC(C)C)c1. The third-order valence-electron chi connectivity index (χ3n) is 2.59. The first-order chi connectivity index (χ1) is 7.99. The predicted octanol–water partition coefficient (Wildman–Crippen LogP) is 3.30. The van der Waals surface area contributed by atoms with Gasteiger partial charge in [0.2, 0.25) is 0 Å². The summed E-state index contributed by atoms with van der Waals surface area (Å²) in [5.41, 5.74) is 7.21. The minimum atomic E-state index is 0.0561. The van der Waals surface area contributed by atoms with Crippen molar-refractivity contribution in [2.24, 2.45) is 11.7 Å². The maximum atomic E-state index is 6.15. The van der Waals surface area contributed by atoms with E-state index in [1.165, 1.54) is 0 Å². The Hall–Kier alpha value is -1.09. The smallest absolute Gasteiger partial charge is 0.138 e. The fraction of sp³-hybridized carbons (Fsp3) is 0.643. The van der Waals surface area contributed by atoms with Gasteiger partial charge in [-0.05, 0) is 44.2 Å². The van der Waals surface area contributed by atoms with E-state index >= 15 is 0 Å². The van der Waals surface area contributed by atoms with Crippen LogP contribution in [0.15, 0.2) is 18.5 Å². The first-order valence-electron chi connectivity index (χ1n) is 6.36. The average Bonchev–Trinajstić information content (AvgIpc) is 2.25. The monoisotopic (exact) mass is 236 g/mol. The van der Waals surface area contributed by atoms with E-state index < -0.39 is 0 Å². The molecular weight excluding hydrogens is 212 g/mol. The Labute approximate surface area is 104 Å². The number of pyridine rings is 1. The molecule has 0 bridgehead atoms. The maximum Gasteiger partial charge on any atom is 0.138 e. The lowest BCUT2D eigenvalue weighted by atomic mass is 9.99. The molecule has 0 aliphatic heterocycles. The van der Waals surface area contributed by atoms with Crippen molar-refractivity contribution in [1.29, 1.82) is 0 Å². The molecule has 1 atom stereocenters. The quantitative estimate of drug-likeness (QED) is 0.824. The van der Waals surface area contributed by atoms with Gasteiger partial charge in [0.05, 0.1) is 12.3 Å². The maximum absolute atomic E-state index is 6.15. The molecule has 1 aromatic rings. The molecule has 0 amide bonds. The lowest BCUT2D eigenvalue weighted by Crippen LogP contribution is -2.12. The normalized spacial score (nSPS) is 13.1. The van der Waals surface area contributed by atoms with Crippen LogP contribution < -0.4 is 10.5 Å². The van der Waals surface area contributed by atoms with E-state index in [0.29, 0.717) is 5.92 Å². The minimum absolute atomic E-state index is 0.0561. The van der Waals surface area contributed by atoms with Crippen molar-refractivity contribution >= 4 is 0 Å². The van der Waals surface area contributed by atoms with Gasteiger partial charge in [-0.1, -0.05) is 13.8 Å². The van der Waals surface area contributed by atoms with Crippen LogP contribution in [0, 0.1) is 5.92 Å². The van der Waals surface area contributed by atoms with Crippen molar-refractivity contribution in [2.45, 2.75) is 52.7 Å². The molecule has 2 N–H and O–H groups in total. The molecule has 96 valence electrons. The second-order valence-electron chi connectivity index (χ2n) is 5.20. The van der Waals surface area contributed by atoms with Crippen LogP contribution in [-0.2, 0) is 0 Å². The molecule has 0 aromatic carbocycles. The van der Waals surface area contributed by atoms with E-state index in [2.05, 4.69) is 18.8 Å². The van der Waals surface area contributed by atoms with E-state index in [-0.39, 0.29) is 12.1 Å². The van der Waals surface area contributed by atoms with Crippen LogP contribution in [0.25, 0.3) is 0 Å². The van der Waals surface area contributed by atoms with E-state index in [0.717, 1.165) is 24.2 Å². The van der Waals surface area contributed by atoms with Crippen molar-refractivity contribution in [2.75, 3.05) is 0 Å². The van der Waals surface area contributed by atoms with Gasteiger partial charge in [-0.15, -0.1) is 0 Å². The van der Waals surface area contributed by atoms with Gasteiger partial charge in [0.25, 0.3) is 0 Å². The number of hydrogen-bond donors (Lipinski definition) is 1. The van der Waals surface area contributed by atoms with Crippen LogP contribution in [0.2, 0.25) is 0 Å². The summed E-state index contributed by atoms with van der Waals surface area (Å²) in [7, 11) is 0. The summed E-state index contributed by atoms with van der Waals surface area (Å²) in [6.45, 7) is 8.43. The van der Waals surface area contributed by atoms with E-state index in [9.17, 15) is 0 Å². The Morgan fingerprint density at radius 3 is 2.47 bits per heavy atom. The van der Waals surface area contributed by atoms with Gasteiger partial charge in [-0.2, -0.15) is 0 Å². The number of ether oxygens (including phenoxy) is 1. The molecule has 17 heavy (non-hydrogen) atoms. The van der Waals surface area contributed by atoms with Crippen LogP contribution in [0.5, 0.6) is 5.75 Å². The van der Waals surface area contributed by atoms with Gasteiger partial charge in [0.15, 0.2) is 0 Å². The second-order valence-corrected chi connectivity index (χ2v) is 5.20. The minimum Gasteiger partial charge on any atom is -0.489 e. The molecule has 3 heteroatoms. The van der Waals surface area contributed by atoms with Crippen molar-refractivity contribution in [3.63, 3.8) is 0 Å². The first-order valence-corrected chi connectivity index (χ1v) is 6.36. The molecule has 0 fully saturated rings. The third kappa shape index (κ3) is 5.18. The molecule has 3 nitrogen and oxygen atoms in total. The van der Waals surface area contributed by atoms with Crippen molar-refractivity contribution in [3.8, 4) is 5.75 Å². The Morgan fingerprint density at radius 2 is 1.88 bits per heavy atom. The number of hydrogen-bond acceptors (Lipinski definition) is 3. The molecule has 1 aromatic heterocycles. The summed E-state index contributed by atoms with van der Waals surface area (Å²) in [4.78, 5) is 4.18. The standard InChI is InChI=1S/C14H24N2O/c1-10(2)5-6-14(15)12-7-13(9-16-8-12)17-11(3)4/h7-11,14H,5-6,15H2,1-4H3. The highest BCUT2D eigenvalue weighted by atomic mass is 16.5. The molecule has 1 heterocycles. The fourth-order valence-corrected chi connectivity index (χ4v) is 1.65. The molecule has 1 rings (SSSR count). The lowest BCUT2D eigenvalue weighted by molar-refractivity contribution is 0.241. The zero-order valence-corrected chi connectivity index (χ0v) is 11.3. The predicted molar refractivity (Wildman–Crippen MR) is 71.0 cm³/mol. The van der Waals surface area contributed by atoms with Gasteiger partial charge in [0.1, 0.15) is 5.75 Å². The number of rotatable bonds is 6. The van der Waals surface area contributed by atoms with E-state index in [4.69, 9.17) is 10.5 Å². The largest absolute Gasteiger partial charge is 0.489 e. The van der Waals surface area contributed by atoms with E-state index in [1.54, 1.807) is 6.20 Å². The summed E-state index contributed by atoms with van der Waals surface area (Å²) >= 11 is 0. The summed E-state index contributed by atoms with van der Waals surface area (Å²) in [5, 5.41) is 0. The van der Waals surface area contributed by atoms with Gasteiger partial charge >= 0.3 is 0 Å². The Morgan fingerprint density at radius 1 is 1.18 bits per heavy atom. The molecule has 0 aliphatic carbocycles. The zero-order chi connectivity index (χ0) is 12.8. The first kappa shape index (κ1) is 14.0. The Kier molecular flexibility index (Phi) is 5.42. The zero-order valence-electron chi connectivity index (χ0n) is 11.3. The summed E-state index contributed by atoms with van der Waals surface area (Å²) in [5.74, 6) is 1.49. The number of nitrogens with two attached hydrogens (primary N) is 1. The highest BCUT2D eigenvalue weighted by Crippen LogP contribution is 2.21. The van der Waals surface area contributed by atoms with Crippen LogP contribution in [0.1, 0.15) is 52.1 Å². The molecule has 0 spiro atoms. The molecule has 1 unspecified atom stereocenters. The van der Waals surface area contributed by atoms with Gasteiger partial charge in [-0.3, -0.25) is 4.98 Å². The third-order valence-corrected chi connectivity index (χ3v) is 2.59. The Bertz CT molecular complexity index is 337. The number of nitrogens with zero attached hydrogens (tertiary/aromatic N) is 1. The topological polar surface area (TPSA) is 48.1 Å². The summed E-state index contributed by atoms with van der Waals surface area (Å²) < 4.78 is 5.61. The second kappa shape index (κ2) is 6.60. The van der Waals surface area contributed by atoms with Crippen molar-refractivity contribution in [1.82, 2.24) is 4.98 Å². The number of aromatic nitrogens is 1. The molecule has 0 saturated carbocycles. The molecule has 0 radical (unpaired) electrons. The summed E-state index contributed by atoms with van der Waals surface area (Å²) in [6.07, 6.45) is 5.86. The van der Waals surface area contributed by atoms with Crippen molar-refractivity contribution in [3.05, 3.63) is 24.0 Å². The van der Waals surface area contributed by atoms with Gasteiger partial charge in [0, 0.05) is 12.2 Å². The highest BCUT2D eigenvalue weighted by molar-refractivity contribution is 5.25. The average molecular weight is 236 g/mol. The highest BCUT2D eigenvalue weighted by Gasteiger charge is 2.09. The van der Waals surface area contributed by atoms with Crippen molar-refractivity contribution < 1.29 is 4.74 Å². The molecule has 0 aliphatic rings. The van der Waals surface area contributed by atoms with E-state index in [1.807, 2.05) is 26.1 Å². The molecule has 0 saturated heterocycles. The van der Waals surface area contributed by atoms with Crippen LogP contribution >= 0.6 is 0 Å². The Balaban J connectivity index is 2.63. The lowest BCUT2D eigenvalue weighted by Gasteiger charge is -2.15. The van der Waals surface area contributed by atoms with Gasteiger partial charge in [-0.25, -0.2) is 0 Å². The van der Waals surface area contributed by atoms with Crippen LogP contribution in [-0.4, -0.2) is 11.1 Å². The van der Waals surface area contributed by atoms with Crippen LogP contribution in [0.3, 0.4) is 0 Å².